The van der Waals surface area contributed by atoms with Gasteiger partial charge in [0.25, 0.3) is 0 Å². The molecule has 0 bridgehead atoms. The fourth-order valence-electron chi connectivity index (χ4n) is 2.45. The minimum Gasteiger partial charge on any atom is -0.435 e. The van der Waals surface area contributed by atoms with Gasteiger partial charge in [-0.3, -0.25) is 9.59 Å². The first-order valence-electron chi connectivity index (χ1n) is 7.91. The summed E-state index contributed by atoms with van der Waals surface area (Å²) in [6.45, 7) is 2.64. The van der Waals surface area contributed by atoms with Crippen molar-refractivity contribution in [2.45, 2.75) is 20.0 Å². The zero-order valence-electron chi connectivity index (χ0n) is 14.2. The van der Waals surface area contributed by atoms with Crippen LogP contribution in [-0.2, 0) is 6.42 Å². The number of ketones is 2. The molecule has 2 aromatic carbocycles. The average Bonchev–Trinajstić information content (AvgIpc) is 2.61. The van der Waals surface area contributed by atoms with Crippen LogP contribution < -0.4 is 4.74 Å². The summed E-state index contributed by atoms with van der Waals surface area (Å²) in [4.78, 5) is 24.8. The Morgan fingerprint density at radius 1 is 1.08 bits per heavy atom. The highest BCUT2D eigenvalue weighted by Crippen LogP contribution is 2.17. The van der Waals surface area contributed by atoms with Crippen LogP contribution in [0.1, 0.15) is 33.2 Å². The largest absolute Gasteiger partial charge is 0.435 e. The smallest absolute Gasteiger partial charge is 0.387 e. The summed E-state index contributed by atoms with van der Waals surface area (Å²) >= 11 is 0. The molecule has 0 saturated carbocycles. The Bertz CT molecular complexity index is 837. The van der Waals surface area contributed by atoms with Gasteiger partial charge >= 0.3 is 6.61 Å². The molecule has 5 heteroatoms. The molecular weight excluding hydrogens is 338 g/mol. The van der Waals surface area contributed by atoms with Gasteiger partial charge in [-0.2, -0.15) is 8.78 Å². The Balaban J connectivity index is 2.16. The normalized spacial score (nSPS) is 11.3. The monoisotopic (exact) mass is 356 g/mol. The predicted octanol–water partition coefficient (Wildman–Crippen LogP) is 5.03. The number of carbonyl (C=O) groups is 2. The summed E-state index contributed by atoms with van der Waals surface area (Å²) in [6.07, 6.45) is 4.21. The van der Waals surface area contributed by atoms with Gasteiger partial charge in [0.15, 0.2) is 0 Å². The minimum absolute atomic E-state index is 0.0736. The molecule has 0 radical (unpaired) electrons. The number of carbonyl (C=O) groups excluding carboxylic acids is 2. The molecule has 0 unspecified atom stereocenters. The molecule has 0 atom stereocenters. The van der Waals surface area contributed by atoms with E-state index in [4.69, 9.17) is 0 Å². The molecule has 2 rings (SSSR count). The van der Waals surface area contributed by atoms with Gasteiger partial charge in [0, 0.05) is 11.1 Å². The van der Waals surface area contributed by atoms with Crippen molar-refractivity contribution in [2.75, 3.05) is 0 Å². The second-order valence-electron chi connectivity index (χ2n) is 5.69. The first-order valence-corrected chi connectivity index (χ1v) is 7.91. The molecule has 26 heavy (non-hydrogen) atoms. The Kier molecular flexibility index (Phi) is 6.55. The zero-order chi connectivity index (χ0) is 19.1. The van der Waals surface area contributed by atoms with Gasteiger partial charge in [0.2, 0.25) is 11.6 Å². The quantitative estimate of drug-likeness (QED) is 0.379. The van der Waals surface area contributed by atoms with E-state index in [1.807, 2.05) is 19.1 Å². The molecule has 0 aliphatic rings. The van der Waals surface area contributed by atoms with Gasteiger partial charge in [0.1, 0.15) is 5.75 Å². The van der Waals surface area contributed by atoms with Crippen LogP contribution in [0.25, 0.3) is 0 Å². The maximum atomic E-state index is 12.4. The minimum atomic E-state index is -2.94. The van der Waals surface area contributed by atoms with E-state index in [9.17, 15) is 18.4 Å². The third-order valence-corrected chi connectivity index (χ3v) is 3.62. The molecule has 0 saturated heterocycles. The SMILES string of the molecule is C=C/C=C(\C)Cc1cccc(C(=O)C(=O)c2ccc(OC(F)F)cc2)c1. The molecule has 0 N–H and O–H groups in total. The lowest BCUT2D eigenvalue weighted by molar-refractivity contribution is -0.0498. The third kappa shape index (κ3) is 5.21. The Labute approximate surface area is 150 Å². The van der Waals surface area contributed by atoms with E-state index < -0.39 is 18.2 Å². The van der Waals surface area contributed by atoms with E-state index in [0.717, 1.165) is 11.1 Å². The molecule has 2 aromatic rings. The third-order valence-electron chi connectivity index (χ3n) is 3.62. The molecule has 134 valence electrons. The maximum absolute atomic E-state index is 12.4. The standard InChI is InChI=1S/C21H18F2O3/c1-3-5-14(2)12-15-6-4-7-17(13-15)20(25)19(24)16-8-10-18(11-9-16)26-21(22)23/h3-11,13,21H,1,12H2,2H3/b14-5+. The van der Waals surface area contributed by atoms with Gasteiger partial charge in [-0.05, 0) is 49.2 Å². The summed E-state index contributed by atoms with van der Waals surface area (Å²) < 4.78 is 28.5. The molecule has 0 fully saturated rings. The second-order valence-corrected chi connectivity index (χ2v) is 5.69. The lowest BCUT2D eigenvalue weighted by Crippen LogP contribution is -2.14. The summed E-state index contributed by atoms with van der Waals surface area (Å²) in [7, 11) is 0. The van der Waals surface area contributed by atoms with Crippen molar-refractivity contribution in [1.29, 1.82) is 0 Å². The van der Waals surface area contributed by atoms with E-state index in [1.165, 1.54) is 24.3 Å². The van der Waals surface area contributed by atoms with Gasteiger partial charge in [0.05, 0.1) is 0 Å². The molecular formula is C21H18F2O3. The Hall–Kier alpha value is -3.08. The summed E-state index contributed by atoms with van der Waals surface area (Å²) in [6, 6.07) is 11.9. The average molecular weight is 356 g/mol. The number of benzene rings is 2. The Morgan fingerprint density at radius 3 is 2.35 bits per heavy atom. The summed E-state index contributed by atoms with van der Waals surface area (Å²) in [5.74, 6) is -1.43. The van der Waals surface area contributed by atoms with Crippen LogP contribution in [0.15, 0.2) is 72.8 Å². The van der Waals surface area contributed by atoms with Crippen LogP contribution in [0.5, 0.6) is 5.75 Å². The van der Waals surface area contributed by atoms with Gasteiger partial charge in [-0.25, -0.2) is 0 Å². The second kappa shape index (κ2) is 8.85. The van der Waals surface area contributed by atoms with E-state index in [-0.39, 0.29) is 16.9 Å². The number of ether oxygens (including phenoxy) is 1. The van der Waals surface area contributed by atoms with E-state index in [0.29, 0.717) is 6.42 Å². The van der Waals surface area contributed by atoms with Crippen molar-refractivity contribution in [3.05, 3.63) is 89.5 Å². The maximum Gasteiger partial charge on any atom is 0.387 e. The molecule has 0 spiro atoms. The van der Waals surface area contributed by atoms with Gasteiger partial charge < -0.3 is 4.74 Å². The summed E-state index contributed by atoms with van der Waals surface area (Å²) in [5.41, 5.74) is 2.38. The van der Waals surface area contributed by atoms with Gasteiger partial charge in [-0.1, -0.05) is 42.5 Å². The van der Waals surface area contributed by atoms with Crippen LogP contribution in [-0.4, -0.2) is 18.2 Å². The van der Waals surface area contributed by atoms with Crippen molar-refractivity contribution in [1.82, 2.24) is 0 Å². The highest BCUT2D eigenvalue weighted by atomic mass is 19.3. The first-order chi connectivity index (χ1) is 12.4. The van der Waals surface area contributed by atoms with Crippen molar-refractivity contribution in [3.8, 4) is 5.75 Å². The van der Waals surface area contributed by atoms with Crippen molar-refractivity contribution >= 4 is 11.6 Å². The number of hydrogen-bond acceptors (Lipinski definition) is 3. The fraction of sp³-hybridized carbons (Fsp3) is 0.143. The highest BCUT2D eigenvalue weighted by Gasteiger charge is 2.19. The number of Topliss-reactive ketones (excluding diaryl/α,β-unsaturated/α-hetero) is 2. The fourth-order valence-corrected chi connectivity index (χ4v) is 2.45. The molecule has 0 amide bonds. The van der Waals surface area contributed by atoms with E-state index in [2.05, 4.69) is 11.3 Å². The molecule has 3 nitrogen and oxygen atoms in total. The number of alkyl halides is 2. The van der Waals surface area contributed by atoms with E-state index >= 15 is 0 Å². The molecule has 0 aliphatic heterocycles. The number of halogens is 2. The lowest BCUT2D eigenvalue weighted by atomic mass is 9.98. The van der Waals surface area contributed by atoms with Crippen LogP contribution in [0.2, 0.25) is 0 Å². The lowest BCUT2D eigenvalue weighted by Gasteiger charge is -2.06. The topological polar surface area (TPSA) is 43.4 Å². The van der Waals surface area contributed by atoms with Crippen molar-refractivity contribution < 1.29 is 23.1 Å². The van der Waals surface area contributed by atoms with Crippen molar-refractivity contribution in [2.24, 2.45) is 0 Å². The first kappa shape index (κ1) is 19.2. The van der Waals surface area contributed by atoms with Gasteiger partial charge in [-0.15, -0.1) is 0 Å². The number of hydrogen-bond donors (Lipinski definition) is 0. The number of allylic oxidation sites excluding steroid dienone is 3. The van der Waals surface area contributed by atoms with Crippen LogP contribution in [0.4, 0.5) is 8.78 Å². The molecule has 0 heterocycles. The van der Waals surface area contributed by atoms with Crippen LogP contribution in [0, 0.1) is 0 Å². The summed E-state index contributed by atoms with van der Waals surface area (Å²) in [5, 5.41) is 0. The van der Waals surface area contributed by atoms with E-state index in [1.54, 1.807) is 24.3 Å². The van der Waals surface area contributed by atoms with Crippen LogP contribution >= 0.6 is 0 Å². The van der Waals surface area contributed by atoms with Crippen molar-refractivity contribution in [3.63, 3.8) is 0 Å². The molecule has 0 aromatic heterocycles. The predicted molar refractivity (Wildman–Crippen MR) is 95.8 cm³/mol. The van der Waals surface area contributed by atoms with Crippen LogP contribution in [0.3, 0.4) is 0 Å². The zero-order valence-corrected chi connectivity index (χ0v) is 14.2. The Morgan fingerprint density at radius 2 is 1.73 bits per heavy atom. The molecule has 0 aliphatic carbocycles. The number of rotatable bonds is 8. The highest BCUT2D eigenvalue weighted by molar-refractivity contribution is 6.49.